The lowest BCUT2D eigenvalue weighted by Crippen LogP contribution is -2.13. The van der Waals surface area contributed by atoms with Gasteiger partial charge in [-0.15, -0.1) is 13.2 Å². The van der Waals surface area contributed by atoms with Gasteiger partial charge in [0.1, 0.15) is 34.1 Å². The van der Waals surface area contributed by atoms with Gasteiger partial charge in [-0.05, 0) is 25.0 Å². The van der Waals surface area contributed by atoms with Crippen LogP contribution in [0.3, 0.4) is 0 Å². The van der Waals surface area contributed by atoms with E-state index in [0.29, 0.717) is 11.1 Å². The Hall–Kier alpha value is -6.44. The zero-order chi connectivity index (χ0) is 40.0. The summed E-state index contributed by atoms with van der Waals surface area (Å²) in [6.07, 6.45) is 3.69. The van der Waals surface area contributed by atoms with E-state index in [1.165, 1.54) is 70.7 Å². The van der Waals surface area contributed by atoms with Gasteiger partial charge in [-0.2, -0.15) is 0 Å². The summed E-state index contributed by atoms with van der Waals surface area (Å²) in [5.41, 5.74) is 0.839. The molecule has 0 spiro atoms. The highest BCUT2D eigenvalue weighted by molar-refractivity contribution is 6.22. The molecule has 0 atom stereocenters. The van der Waals surface area contributed by atoms with E-state index in [0.717, 1.165) is 0 Å². The van der Waals surface area contributed by atoms with Crippen LogP contribution in [0.15, 0.2) is 37.4 Å². The third-order valence-electron chi connectivity index (χ3n) is 8.45. The second-order valence-electron chi connectivity index (χ2n) is 11.4. The van der Waals surface area contributed by atoms with Crippen LogP contribution in [0.25, 0.3) is 32.7 Å². The van der Waals surface area contributed by atoms with Crippen LogP contribution in [-0.2, 0) is 31.9 Å². The summed E-state index contributed by atoms with van der Waals surface area (Å²) < 4.78 is 57.6. The molecule has 4 rings (SSSR count). The lowest BCUT2D eigenvalue weighted by Gasteiger charge is -2.27. The Morgan fingerprint density at radius 1 is 0.500 bits per heavy atom. The number of benzene rings is 4. The van der Waals surface area contributed by atoms with Crippen LogP contribution in [0.5, 0.6) is 46.0 Å². The zero-order valence-electron chi connectivity index (χ0n) is 31.9. The average Bonchev–Trinajstić information content (AvgIpc) is 3.15. The second kappa shape index (κ2) is 16.9. The van der Waals surface area contributed by atoms with E-state index >= 15 is 0 Å². The molecule has 0 aromatic heterocycles. The third-order valence-corrected chi connectivity index (χ3v) is 8.45. The van der Waals surface area contributed by atoms with Crippen LogP contribution in [0, 0.1) is 0 Å². The van der Waals surface area contributed by atoms with Crippen molar-refractivity contribution in [2.45, 2.75) is 26.7 Å². The van der Waals surface area contributed by atoms with Gasteiger partial charge in [0.15, 0.2) is 23.0 Å². The van der Waals surface area contributed by atoms with Crippen molar-refractivity contribution in [3.63, 3.8) is 0 Å². The number of rotatable bonds is 15. The van der Waals surface area contributed by atoms with Crippen molar-refractivity contribution >= 4 is 45.4 Å². The minimum Gasteiger partial charge on any atom is -0.495 e. The van der Waals surface area contributed by atoms with Crippen molar-refractivity contribution in [2.24, 2.45) is 0 Å². The molecule has 0 fully saturated rings. The van der Waals surface area contributed by atoms with E-state index in [1.807, 2.05) is 0 Å². The van der Waals surface area contributed by atoms with Crippen LogP contribution < -0.4 is 37.9 Å². The first-order valence-corrected chi connectivity index (χ1v) is 16.3. The van der Waals surface area contributed by atoms with Gasteiger partial charge in [0.05, 0.1) is 67.7 Å². The summed E-state index contributed by atoms with van der Waals surface area (Å²) in [5.74, 6) is -3.45. The predicted octanol–water partition coefficient (Wildman–Crippen LogP) is 6.59. The van der Waals surface area contributed by atoms with E-state index in [9.17, 15) is 19.2 Å². The normalized spacial score (nSPS) is 10.6. The smallest absolute Gasteiger partial charge is 0.345 e. The first kappa shape index (κ1) is 40.3. The number of carbonyl (C=O) groups excluding carboxylic acids is 4. The first-order valence-electron chi connectivity index (χ1n) is 16.3. The van der Waals surface area contributed by atoms with Crippen LogP contribution in [-0.4, -0.2) is 80.8 Å². The molecule has 4 aromatic rings. The molecule has 0 unspecified atom stereocenters. The Morgan fingerprint density at radius 2 is 0.815 bits per heavy atom. The molecule has 0 amide bonds. The van der Waals surface area contributed by atoms with Crippen LogP contribution in [0.2, 0.25) is 0 Å². The molecule has 4 aromatic carbocycles. The van der Waals surface area contributed by atoms with Crippen molar-refractivity contribution in [1.29, 1.82) is 0 Å². The Morgan fingerprint density at radius 3 is 1.06 bits per heavy atom. The number of esters is 4. The molecule has 0 aliphatic rings. The number of allylic oxidation sites excluding steroid dienone is 2. The van der Waals surface area contributed by atoms with Crippen LogP contribution >= 0.6 is 0 Å². The molecule has 54 heavy (non-hydrogen) atoms. The largest absolute Gasteiger partial charge is 0.495 e. The SMILES string of the molecule is C=CCc1cc2c(-c3c(OC)c(C(=O)OC)c(OC)c4c(OC(C)=O)c(OC)c(CC=C)cc34)c(OC)c(C(=O)OC)c(OC)c2c(OC(C)=O)c1OC. The number of fused-ring (bicyclic) bond motifs is 2. The van der Waals surface area contributed by atoms with E-state index in [1.54, 1.807) is 24.3 Å². The topological polar surface area (TPSA) is 161 Å². The molecule has 286 valence electrons. The number of methoxy groups -OCH3 is 8. The van der Waals surface area contributed by atoms with Gasteiger partial charge >= 0.3 is 23.9 Å². The van der Waals surface area contributed by atoms with Gasteiger partial charge in [0.25, 0.3) is 0 Å². The molecule has 0 saturated carbocycles. The van der Waals surface area contributed by atoms with E-state index in [4.69, 9.17) is 47.4 Å². The monoisotopic (exact) mass is 746 g/mol. The fraction of sp³-hybridized carbons (Fsp3) is 0.300. The molecule has 0 aliphatic carbocycles. The minimum absolute atomic E-state index is 0.0863. The summed E-state index contributed by atoms with van der Waals surface area (Å²) in [7, 11) is 10.4. The van der Waals surface area contributed by atoms with Crippen molar-refractivity contribution in [1.82, 2.24) is 0 Å². The molecule has 0 saturated heterocycles. The quantitative estimate of drug-likeness (QED) is 0.0728. The Labute approximate surface area is 312 Å². The number of carbonyl (C=O) groups is 4. The number of hydrogen-bond donors (Lipinski definition) is 0. The Kier molecular flexibility index (Phi) is 12.6. The molecule has 0 N–H and O–H groups in total. The number of hydrogen-bond acceptors (Lipinski definition) is 14. The highest BCUT2D eigenvalue weighted by Gasteiger charge is 2.38. The molecule has 0 radical (unpaired) electrons. The molecule has 0 aliphatic heterocycles. The summed E-state index contributed by atoms with van der Waals surface area (Å²) in [4.78, 5) is 53.2. The summed E-state index contributed by atoms with van der Waals surface area (Å²) in [6, 6.07) is 3.44. The first-order chi connectivity index (χ1) is 25.9. The standard InChI is InChI=1S/C40H42O14/c1-13-15-21-17-23-25(33(47-7)29(39(43)51-11)35(49-9)27(23)37(31(21)45-5)53-19(3)41)26-24-18-22(16-14-2)32(46-6)38(54-20(4)42)28(24)36(50-10)30(34(26)48-8)40(44)52-12/h13-14,17-18H,1-2,15-16H2,3-12H3. The Balaban J connectivity index is 2.65. The summed E-state index contributed by atoms with van der Waals surface area (Å²) >= 11 is 0. The molecule has 0 bridgehead atoms. The molecule has 14 nitrogen and oxygen atoms in total. The predicted molar refractivity (Wildman–Crippen MR) is 199 cm³/mol. The van der Waals surface area contributed by atoms with Crippen molar-refractivity contribution in [3.05, 3.63) is 59.7 Å². The molecule has 14 heteroatoms. The van der Waals surface area contributed by atoms with Gasteiger partial charge < -0.3 is 47.4 Å². The lowest BCUT2D eigenvalue weighted by atomic mass is 9.85. The maximum absolute atomic E-state index is 13.9. The number of ether oxygens (including phenoxy) is 10. The van der Waals surface area contributed by atoms with Crippen LogP contribution in [0.1, 0.15) is 45.7 Å². The Bertz CT molecular complexity index is 2040. The lowest BCUT2D eigenvalue weighted by molar-refractivity contribution is -0.132. The molecule has 0 heterocycles. The van der Waals surface area contributed by atoms with Gasteiger partial charge in [-0.1, -0.05) is 12.2 Å². The van der Waals surface area contributed by atoms with E-state index in [2.05, 4.69) is 13.2 Å². The summed E-state index contributed by atoms with van der Waals surface area (Å²) in [5, 5.41) is 0.750. The van der Waals surface area contributed by atoms with E-state index in [-0.39, 0.29) is 103 Å². The van der Waals surface area contributed by atoms with E-state index < -0.39 is 23.9 Å². The fourth-order valence-corrected chi connectivity index (χ4v) is 6.62. The average molecular weight is 747 g/mol. The molecular formula is C40H42O14. The van der Waals surface area contributed by atoms with Crippen molar-refractivity contribution < 1.29 is 66.5 Å². The second-order valence-corrected chi connectivity index (χ2v) is 11.4. The van der Waals surface area contributed by atoms with Crippen molar-refractivity contribution in [3.8, 4) is 57.1 Å². The third kappa shape index (κ3) is 6.77. The highest BCUT2D eigenvalue weighted by Crippen LogP contribution is 2.59. The van der Waals surface area contributed by atoms with Gasteiger partial charge in [0, 0.05) is 46.9 Å². The van der Waals surface area contributed by atoms with Gasteiger partial charge in [0.2, 0.25) is 0 Å². The van der Waals surface area contributed by atoms with Crippen LogP contribution in [0.4, 0.5) is 0 Å². The zero-order valence-corrected chi connectivity index (χ0v) is 31.9. The van der Waals surface area contributed by atoms with Gasteiger partial charge in [-0.3, -0.25) is 9.59 Å². The van der Waals surface area contributed by atoms with Gasteiger partial charge in [-0.25, -0.2) is 9.59 Å². The fourth-order valence-electron chi connectivity index (χ4n) is 6.62. The maximum Gasteiger partial charge on any atom is 0.345 e. The minimum atomic E-state index is -0.894. The highest BCUT2D eigenvalue weighted by atomic mass is 16.6. The van der Waals surface area contributed by atoms with Crippen molar-refractivity contribution in [2.75, 3.05) is 56.9 Å². The summed E-state index contributed by atoms with van der Waals surface area (Å²) in [6.45, 7) is 10.2. The molecular weight excluding hydrogens is 704 g/mol. The maximum atomic E-state index is 13.9.